The number of carbonyl (C=O) groups excluding carboxylic acids is 1. The molecule has 3 aromatic rings. The molecule has 0 aliphatic carbocycles. The molecule has 0 aliphatic rings. The van der Waals surface area contributed by atoms with Crippen molar-refractivity contribution in [2.24, 2.45) is 0 Å². The Morgan fingerprint density at radius 3 is 2.70 bits per heavy atom. The topological polar surface area (TPSA) is 54.9 Å². The number of aromatic nitrogens is 2. The van der Waals surface area contributed by atoms with Crippen molar-refractivity contribution in [2.75, 3.05) is 5.32 Å². The molecule has 0 saturated heterocycles. The van der Waals surface area contributed by atoms with E-state index in [1.807, 2.05) is 35.7 Å². The molecule has 0 fully saturated rings. The van der Waals surface area contributed by atoms with Gasteiger partial charge in [0, 0.05) is 21.6 Å². The monoisotopic (exact) mass is 365 g/mol. The zero-order valence-corrected chi connectivity index (χ0v) is 13.3. The average molecular weight is 366 g/mol. The van der Waals surface area contributed by atoms with Crippen molar-refractivity contribution in [1.29, 1.82) is 0 Å². The fourth-order valence-electron chi connectivity index (χ4n) is 1.56. The van der Waals surface area contributed by atoms with E-state index in [1.165, 1.54) is 22.9 Å². The van der Waals surface area contributed by atoms with Gasteiger partial charge in [0.1, 0.15) is 0 Å². The number of hydrogen-bond acceptors (Lipinski definition) is 5. The zero-order chi connectivity index (χ0) is 13.9. The highest BCUT2D eigenvalue weighted by molar-refractivity contribution is 9.10. The van der Waals surface area contributed by atoms with E-state index >= 15 is 0 Å². The molecular formula is C13H8BrN3OS2. The summed E-state index contributed by atoms with van der Waals surface area (Å²) in [7, 11) is 0. The molecule has 3 rings (SSSR count). The Balaban J connectivity index is 1.77. The lowest BCUT2D eigenvalue weighted by Gasteiger charge is -1.97. The molecule has 0 atom stereocenters. The first-order valence-corrected chi connectivity index (χ1v) is 8.11. The van der Waals surface area contributed by atoms with Gasteiger partial charge < -0.3 is 0 Å². The molecule has 20 heavy (non-hydrogen) atoms. The van der Waals surface area contributed by atoms with Crippen LogP contribution in [-0.2, 0) is 0 Å². The van der Waals surface area contributed by atoms with Crippen molar-refractivity contribution < 1.29 is 4.79 Å². The standard InChI is InChI=1S/C13H8BrN3OS2/c14-9-5-3-8(4-6-9)11-15-13(20-17-11)16-12(18)10-2-1-7-19-10/h1-7H,(H,15,16,17,18). The van der Waals surface area contributed by atoms with Crippen molar-refractivity contribution in [3.63, 3.8) is 0 Å². The Labute approximate surface area is 131 Å². The second-order valence-electron chi connectivity index (χ2n) is 3.86. The number of anilines is 1. The van der Waals surface area contributed by atoms with Crippen LogP contribution in [0, 0.1) is 0 Å². The van der Waals surface area contributed by atoms with Crippen LogP contribution in [0.5, 0.6) is 0 Å². The first-order valence-electron chi connectivity index (χ1n) is 5.67. The number of nitrogens with one attached hydrogen (secondary N) is 1. The first-order chi connectivity index (χ1) is 9.72. The van der Waals surface area contributed by atoms with Gasteiger partial charge in [-0.2, -0.15) is 9.36 Å². The largest absolute Gasteiger partial charge is 0.296 e. The van der Waals surface area contributed by atoms with Crippen LogP contribution in [0.1, 0.15) is 9.67 Å². The maximum atomic E-state index is 11.9. The Bertz CT molecular complexity index is 722. The Morgan fingerprint density at radius 2 is 2.00 bits per heavy atom. The highest BCUT2D eigenvalue weighted by Gasteiger charge is 2.11. The van der Waals surface area contributed by atoms with Gasteiger partial charge in [0.05, 0.1) is 4.88 Å². The third kappa shape index (κ3) is 2.95. The molecule has 0 bridgehead atoms. The molecule has 2 aromatic heterocycles. The lowest BCUT2D eigenvalue weighted by atomic mass is 10.2. The lowest BCUT2D eigenvalue weighted by Crippen LogP contribution is -2.09. The van der Waals surface area contributed by atoms with E-state index in [-0.39, 0.29) is 5.91 Å². The number of amides is 1. The van der Waals surface area contributed by atoms with Crippen LogP contribution < -0.4 is 5.32 Å². The smallest absolute Gasteiger partial charge is 0.267 e. The van der Waals surface area contributed by atoms with Crippen molar-refractivity contribution in [2.45, 2.75) is 0 Å². The third-order valence-electron chi connectivity index (χ3n) is 2.49. The molecule has 1 N–H and O–H groups in total. The molecule has 7 heteroatoms. The summed E-state index contributed by atoms with van der Waals surface area (Å²) in [6.07, 6.45) is 0. The molecule has 4 nitrogen and oxygen atoms in total. The van der Waals surface area contributed by atoms with Gasteiger partial charge in [0.15, 0.2) is 5.82 Å². The van der Waals surface area contributed by atoms with E-state index in [2.05, 4.69) is 30.6 Å². The fraction of sp³-hybridized carbons (Fsp3) is 0. The highest BCUT2D eigenvalue weighted by Crippen LogP contribution is 2.23. The lowest BCUT2D eigenvalue weighted by molar-refractivity contribution is 0.103. The normalized spacial score (nSPS) is 10.4. The van der Waals surface area contributed by atoms with Gasteiger partial charge in [0.25, 0.3) is 5.91 Å². The molecule has 1 aromatic carbocycles. The summed E-state index contributed by atoms with van der Waals surface area (Å²) in [5.41, 5.74) is 0.918. The van der Waals surface area contributed by atoms with Gasteiger partial charge in [-0.1, -0.05) is 34.1 Å². The van der Waals surface area contributed by atoms with Gasteiger partial charge in [-0.05, 0) is 23.6 Å². The average Bonchev–Trinajstić information content (AvgIpc) is 3.10. The minimum atomic E-state index is -0.154. The highest BCUT2D eigenvalue weighted by atomic mass is 79.9. The summed E-state index contributed by atoms with van der Waals surface area (Å²) in [5.74, 6) is 0.461. The van der Waals surface area contributed by atoms with E-state index in [1.54, 1.807) is 6.07 Å². The number of rotatable bonds is 3. The summed E-state index contributed by atoms with van der Waals surface area (Å²) >= 11 is 5.95. The molecule has 2 heterocycles. The number of nitrogens with zero attached hydrogens (tertiary/aromatic N) is 2. The van der Waals surface area contributed by atoms with Crippen LogP contribution >= 0.6 is 38.8 Å². The van der Waals surface area contributed by atoms with E-state index < -0.39 is 0 Å². The second-order valence-corrected chi connectivity index (χ2v) is 6.48. The number of halogens is 1. The van der Waals surface area contributed by atoms with Crippen LogP contribution in [0.4, 0.5) is 5.13 Å². The first kappa shape index (κ1) is 13.4. The van der Waals surface area contributed by atoms with Crippen molar-refractivity contribution in [3.05, 3.63) is 51.1 Å². The van der Waals surface area contributed by atoms with Crippen molar-refractivity contribution in [3.8, 4) is 11.4 Å². The number of hydrogen-bond donors (Lipinski definition) is 1. The van der Waals surface area contributed by atoms with E-state index in [9.17, 15) is 4.79 Å². The summed E-state index contributed by atoms with van der Waals surface area (Å²) in [6, 6.07) is 11.3. The Kier molecular flexibility index (Phi) is 3.90. The van der Waals surface area contributed by atoms with Crippen LogP contribution in [0.2, 0.25) is 0 Å². The minimum Gasteiger partial charge on any atom is -0.296 e. The number of thiophene rings is 1. The van der Waals surface area contributed by atoms with Crippen molar-refractivity contribution >= 4 is 49.8 Å². The predicted molar refractivity (Wildman–Crippen MR) is 85.3 cm³/mol. The fourth-order valence-corrected chi connectivity index (χ4v) is 3.03. The summed E-state index contributed by atoms with van der Waals surface area (Å²) in [5, 5.41) is 5.12. The number of benzene rings is 1. The van der Waals surface area contributed by atoms with Crippen molar-refractivity contribution in [1.82, 2.24) is 9.36 Å². The molecule has 0 spiro atoms. The molecule has 1 amide bonds. The molecular weight excluding hydrogens is 358 g/mol. The minimum absolute atomic E-state index is 0.154. The van der Waals surface area contributed by atoms with E-state index in [4.69, 9.17) is 0 Å². The Morgan fingerprint density at radius 1 is 1.20 bits per heavy atom. The maximum Gasteiger partial charge on any atom is 0.267 e. The summed E-state index contributed by atoms with van der Waals surface area (Å²) < 4.78 is 5.26. The number of carbonyl (C=O) groups is 1. The Hall–Kier alpha value is -1.57. The zero-order valence-electron chi connectivity index (χ0n) is 10.0. The quantitative estimate of drug-likeness (QED) is 0.753. The SMILES string of the molecule is O=C(Nc1nc(-c2ccc(Br)cc2)ns1)c1cccs1. The van der Waals surface area contributed by atoms with Gasteiger partial charge in [-0.25, -0.2) is 0 Å². The molecule has 0 saturated carbocycles. The summed E-state index contributed by atoms with van der Waals surface area (Å²) in [4.78, 5) is 16.9. The molecule has 100 valence electrons. The molecule has 0 radical (unpaired) electrons. The summed E-state index contributed by atoms with van der Waals surface area (Å²) in [6.45, 7) is 0. The van der Waals surface area contributed by atoms with Gasteiger partial charge >= 0.3 is 0 Å². The molecule has 0 unspecified atom stereocenters. The van der Waals surface area contributed by atoms with E-state index in [0.717, 1.165) is 10.0 Å². The van der Waals surface area contributed by atoms with Gasteiger partial charge in [0.2, 0.25) is 5.13 Å². The van der Waals surface area contributed by atoms with Crippen LogP contribution in [0.25, 0.3) is 11.4 Å². The van der Waals surface area contributed by atoms with Crippen LogP contribution in [0.3, 0.4) is 0 Å². The third-order valence-corrected chi connectivity index (χ3v) is 4.52. The van der Waals surface area contributed by atoms with Crippen LogP contribution in [0.15, 0.2) is 46.3 Å². The van der Waals surface area contributed by atoms with Crippen LogP contribution in [-0.4, -0.2) is 15.3 Å². The maximum absolute atomic E-state index is 11.9. The van der Waals surface area contributed by atoms with Gasteiger partial charge in [-0.3, -0.25) is 10.1 Å². The predicted octanol–water partition coefficient (Wildman–Crippen LogP) is 4.28. The second kappa shape index (κ2) is 5.82. The molecule has 0 aliphatic heterocycles. The van der Waals surface area contributed by atoms with Gasteiger partial charge in [-0.15, -0.1) is 11.3 Å². The van der Waals surface area contributed by atoms with E-state index in [0.29, 0.717) is 15.8 Å².